The van der Waals surface area contributed by atoms with Gasteiger partial charge in [-0.15, -0.1) is 0 Å². The normalized spacial score (nSPS) is 13.3. The van der Waals surface area contributed by atoms with Gasteiger partial charge in [0.2, 0.25) is 0 Å². The van der Waals surface area contributed by atoms with Crippen molar-refractivity contribution in [3.63, 3.8) is 0 Å². The Kier molecular flexibility index (Phi) is 4.87. The second-order valence-corrected chi connectivity index (χ2v) is 6.31. The monoisotopic (exact) mass is 254 g/mol. The largest absolute Gasteiger partial charge is 0.300 e. The first-order valence-corrected chi connectivity index (χ1v) is 7.38. The molecule has 0 heterocycles. The van der Waals surface area contributed by atoms with E-state index in [1.807, 2.05) is 6.92 Å². The predicted molar refractivity (Wildman–Crippen MR) is 67.6 cm³/mol. The zero-order chi connectivity index (χ0) is 12.9. The van der Waals surface area contributed by atoms with Crippen LogP contribution in [0.5, 0.6) is 0 Å². The maximum atomic E-state index is 12.1. The number of benzene rings is 1. The molecule has 1 unspecified atom stereocenters. The lowest BCUT2D eigenvalue weighted by Crippen LogP contribution is -2.18. The lowest BCUT2D eigenvalue weighted by Gasteiger charge is -2.13. The topological polar surface area (TPSA) is 51.2 Å². The van der Waals surface area contributed by atoms with Crippen LogP contribution in [0, 0.1) is 5.92 Å². The average molecular weight is 254 g/mol. The molecule has 1 aromatic carbocycles. The van der Waals surface area contributed by atoms with Gasteiger partial charge in [-0.05, 0) is 25.0 Å². The van der Waals surface area contributed by atoms with Crippen LogP contribution in [0.3, 0.4) is 0 Å². The summed E-state index contributed by atoms with van der Waals surface area (Å²) in [5.41, 5.74) is 0. The molecule has 0 aliphatic carbocycles. The zero-order valence-electron chi connectivity index (χ0n) is 10.2. The molecule has 0 aliphatic rings. The van der Waals surface area contributed by atoms with E-state index in [1.165, 1.54) is 6.92 Å². The van der Waals surface area contributed by atoms with Gasteiger partial charge in [0, 0.05) is 6.42 Å². The molecule has 1 aromatic rings. The molecule has 0 aliphatic heterocycles. The standard InChI is InChI=1S/C13H18O3S/c1-3-12(9-11(2)14)10-17(15,16)13-7-5-4-6-8-13/h4-8,12H,3,9-10H2,1-2H3. The molecule has 0 bridgehead atoms. The second-order valence-electron chi connectivity index (χ2n) is 4.27. The summed E-state index contributed by atoms with van der Waals surface area (Å²) in [6, 6.07) is 8.38. The molecule has 3 nitrogen and oxygen atoms in total. The van der Waals surface area contributed by atoms with Crippen molar-refractivity contribution >= 4 is 15.6 Å². The van der Waals surface area contributed by atoms with Crippen molar-refractivity contribution in [3.8, 4) is 0 Å². The molecule has 0 saturated carbocycles. The third kappa shape index (κ3) is 4.30. The zero-order valence-corrected chi connectivity index (χ0v) is 11.0. The van der Waals surface area contributed by atoms with Crippen LogP contribution in [0.2, 0.25) is 0 Å². The lowest BCUT2D eigenvalue weighted by molar-refractivity contribution is -0.117. The Labute approximate surface area is 103 Å². The van der Waals surface area contributed by atoms with Crippen molar-refractivity contribution in [1.82, 2.24) is 0 Å². The van der Waals surface area contributed by atoms with Crippen molar-refractivity contribution < 1.29 is 13.2 Å². The highest BCUT2D eigenvalue weighted by atomic mass is 32.2. The Hall–Kier alpha value is -1.16. The minimum absolute atomic E-state index is 0.0418. The summed E-state index contributed by atoms with van der Waals surface area (Å²) >= 11 is 0. The molecule has 1 rings (SSSR count). The first kappa shape index (κ1) is 13.9. The Bertz CT molecular complexity index is 463. The number of hydrogen-bond acceptors (Lipinski definition) is 3. The van der Waals surface area contributed by atoms with Gasteiger partial charge in [0.1, 0.15) is 5.78 Å². The number of ketones is 1. The number of hydrogen-bond donors (Lipinski definition) is 0. The fraction of sp³-hybridized carbons (Fsp3) is 0.462. The molecule has 0 aromatic heterocycles. The molecule has 4 heteroatoms. The molecule has 0 radical (unpaired) electrons. The molecule has 0 N–H and O–H groups in total. The highest BCUT2D eigenvalue weighted by Gasteiger charge is 2.20. The van der Waals surface area contributed by atoms with Crippen molar-refractivity contribution in [2.75, 3.05) is 5.75 Å². The molecule has 94 valence electrons. The van der Waals surface area contributed by atoms with Gasteiger partial charge >= 0.3 is 0 Å². The van der Waals surface area contributed by atoms with Crippen LogP contribution in [0.15, 0.2) is 35.2 Å². The molecule has 0 spiro atoms. The van der Waals surface area contributed by atoms with Gasteiger partial charge in [0.25, 0.3) is 0 Å². The smallest absolute Gasteiger partial charge is 0.178 e. The van der Waals surface area contributed by atoms with Gasteiger partial charge in [0.05, 0.1) is 10.6 Å². The molecular weight excluding hydrogens is 236 g/mol. The maximum absolute atomic E-state index is 12.1. The first-order chi connectivity index (χ1) is 7.95. The molecule has 0 amide bonds. The molecule has 0 saturated heterocycles. The molecule has 0 fully saturated rings. The van der Waals surface area contributed by atoms with E-state index in [1.54, 1.807) is 30.3 Å². The number of Topliss-reactive ketones (excluding diaryl/α,β-unsaturated/α-hetero) is 1. The summed E-state index contributed by atoms with van der Waals surface area (Å²) in [4.78, 5) is 11.4. The van der Waals surface area contributed by atoms with E-state index in [9.17, 15) is 13.2 Å². The summed E-state index contributed by atoms with van der Waals surface area (Å²) < 4.78 is 24.1. The molecule has 1 atom stereocenters. The lowest BCUT2D eigenvalue weighted by atomic mass is 10.0. The summed E-state index contributed by atoms with van der Waals surface area (Å²) in [6.07, 6.45) is 1.04. The number of carbonyl (C=O) groups excluding carboxylic acids is 1. The van der Waals surface area contributed by atoms with Crippen LogP contribution in [0.25, 0.3) is 0 Å². The van der Waals surface area contributed by atoms with Crippen LogP contribution >= 0.6 is 0 Å². The van der Waals surface area contributed by atoms with Gasteiger partial charge in [-0.1, -0.05) is 31.5 Å². The Morgan fingerprint density at radius 1 is 1.24 bits per heavy atom. The summed E-state index contributed by atoms with van der Waals surface area (Å²) in [5, 5.41) is 0. The number of sulfone groups is 1. The van der Waals surface area contributed by atoms with Crippen molar-refractivity contribution in [2.45, 2.75) is 31.6 Å². The second kappa shape index (κ2) is 5.96. The molecular formula is C13H18O3S. The average Bonchev–Trinajstić information content (AvgIpc) is 2.28. The quantitative estimate of drug-likeness (QED) is 0.783. The fourth-order valence-electron chi connectivity index (χ4n) is 1.76. The predicted octanol–water partition coefficient (Wildman–Crippen LogP) is 2.47. The Morgan fingerprint density at radius 2 is 1.82 bits per heavy atom. The van der Waals surface area contributed by atoms with Crippen LogP contribution in [0.1, 0.15) is 26.7 Å². The third-order valence-corrected chi connectivity index (χ3v) is 4.61. The minimum Gasteiger partial charge on any atom is -0.300 e. The van der Waals surface area contributed by atoms with Crippen molar-refractivity contribution in [1.29, 1.82) is 0 Å². The van der Waals surface area contributed by atoms with Gasteiger partial charge in [0.15, 0.2) is 9.84 Å². The van der Waals surface area contributed by atoms with E-state index >= 15 is 0 Å². The molecule has 17 heavy (non-hydrogen) atoms. The summed E-state index contributed by atoms with van der Waals surface area (Å²) in [7, 11) is -3.27. The number of carbonyl (C=O) groups is 1. The van der Waals surface area contributed by atoms with Crippen molar-refractivity contribution in [3.05, 3.63) is 30.3 Å². The van der Waals surface area contributed by atoms with E-state index < -0.39 is 9.84 Å². The third-order valence-electron chi connectivity index (χ3n) is 2.71. The van der Waals surface area contributed by atoms with Crippen LogP contribution in [0.4, 0.5) is 0 Å². The van der Waals surface area contributed by atoms with Gasteiger partial charge in [-0.25, -0.2) is 8.42 Å². The van der Waals surface area contributed by atoms with Gasteiger partial charge in [-0.3, -0.25) is 0 Å². The van der Waals surface area contributed by atoms with E-state index in [0.717, 1.165) is 0 Å². The summed E-state index contributed by atoms with van der Waals surface area (Å²) in [5.74, 6) is 0.00502. The van der Waals surface area contributed by atoms with Gasteiger partial charge in [-0.2, -0.15) is 0 Å². The van der Waals surface area contributed by atoms with Crippen LogP contribution in [-0.4, -0.2) is 20.0 Å². The van der Waals surface area contributed by atoms with E-state index in [4.69, 9.17) is 0 Å². The highest BCUT2D eigenvalue weighted by molar-refractivity contribution is 7.91. The minimum atomic E-state index is -3.27. The SMILES string of the molecule is CCC(CC(C)=O)CS(=O)(=O)c1ccccc1. The van der Waals surface area contributed by atoms with E-state index in [-0.39, 0.29) is 17.5 Å². The van der Waals surface area contributed by atoms with Crippen molar-refractivity contribution in [2.24, 2.45) is 5.92 Å². The van der Waals surface area contributed by atoms with E-state index in [0.29, 0.717) is 17.7 Å². The highest BCUT2D eigenvalue weighted by Crippen LogP contribution is 2.18. The Balaban J connectivity index is 2.82. The van der Waals surface area contributed by atoms with Gasteiger partial charge < -0.3 is 4.79 Å². The summed E-state index contributed by atoms with van der Waals surface area (Å²) in [6.45, 7) is 3.41. The van der Waals surface area contributed by atoms with Crippen LogP contribution < -0.4 is 0 Å². The maximum Gasteiger partial charge on any atom is 0.178 e. The van der Waals surface area contributed by atoms with Crippen LogP contribution in [-0.2, 0) is 14.6 Å². The Morgan fingerprint density at radius 3 is 2.29 bits per heavy atom. The van der Waals surface area contributed by atoms with E-state index in [2.05, 4.69) is 0 Å². The fourth-order valence-corrected chi connectivity index (χ4v) is 3.50. The number of rotatable bonds is 6. The first-order valence-electron chi connectivity index (χ1n) is 5.73.